The summed E-state index contributed by atoms with van der Waals surface area (Å²) in [4.78, 5) is 11.9. The molecule has 0 radical (unpaired) electrons. The maximum Gasteiger partial charge on any atom is 0.397 e. The Balaban J connectivity index is 1.41. The minimum atomic E-state index is -4.81. The SMILES string of the molecule is CC(=O)O[C@@H]1C[C@]2(C)C3CC[C@@]4(C)C(CC[C@@H]4[C@H](C)[C@@H]4O[C@H]4[C@@H](C)C(C)C)C3=CCC2[C@H](OS(=O)(=O)O)[C@H]1O. The first-order chi connectivity index (χ1) is 18.1. The minimum Gasteiger partial charge on any atom is -0.460 e. The van der Waals surface area contributed by atoms with Crippen LogP contribution in [0, 0.1) is 52.3 Å². The van der Waals surface area contributed by atoms with Crippen molar-refractivity contribution in [1.29, 1.82) is 0 Å². The molecule has 4 aliphatic carbocycles. The second-order valence-corrected chi connectivity index (χ2v) is 15.3. The lowest BCUT2D eigenvalue weighted by molar-refractivity contribution is -0.189. The van der Waals surface area contributed by atoms with Gasteiger partial charge in [-0.15, -0.1) is 0 Å². The van der Waals surface area contributed by atoms with Gasteiger partial charge in [-0.05, 0) is 90.8 Å². The van der Waals surface area contributed by atoms with Crippen LogP contribution in [0.1, 0.15) is 87.0 Å². The van der Waals surface area contributed by atoms with E-state index in [0.717, 1.165) is 19.3 Å². The molecule has 0 spiro atoms. The number of carbonyl (C=O) groups excluding carboxylic acids is 1. The number of fused-ring (bicyclic) bond motifs is 5. The quantitative estimate of drug-likeness (QED) is 0.191. The van der Waals surface area contributed by atoms with Crippen LogP contribution >= 0.6 is 0 Å². The number of esters is 1. The Hall–Kier alpha value is -1.00. The monoisotopic (exact) mass is 568 g/mol. The van der Waals surface area contributed by atoms with E-state index in [1.165, 1.54) is 18.9 Å². The van der Waals surface area contributed by atoms with Gasteiger partial charge < -0.3 is 14.6 Å². The lowest BCUT2D eigenvalue weighted by Crippen LogP contribution is -2.61. The summed E-state index contributed by atoms with van der Waals surface area (Å²) >= 11 is 0. The molecule has 0 aromatic heterocycles. The van der Waals surface area contributed by atoms with Gasteiger partial charge in [-0.3, -0.25) is 9.35 Å². The lowest BCUT2D eigenvalue weighted by atomic mass is 9.47. The Morgan fingerprint density at radius 3 is 2.36 bits per heavy atom. The van der Waals surface area contributed by atoms with Gasteiger partial charge in [0.2, 0.25) is 0 Å². The van der Waals surface area contributed by atoms with Crippen LogP contribution in [-0.2, 0) is 28.9 Å². The van der Waals surface area contributed by atoms with Crippen LogP contribution in [0.4, 0.5) is 0 Å². The van der Waals surface area contributed by atoms with Gasteiger partial charge in [-0.1, -0.05) is 53.2 Å². The van der Waals surface area contributed by atoms with E-state index in [2.05, 4.69) is 47.6 Å². The third kappa shape index (κ3) is 5.02. The van der Waals surface area contributed by atoms with E-state index in [1.807, 2.05) is 0 Å². The highest BCUT2D eigenvalue weighted by Crippen LogP contribution is 2.68. The third-order valence-corrected chi connectivity index (χ3v) is 12.5. The molecule has 3 saturated carbocycles. The molecule has 1 heterocycles. The van der Waals surface area contributed by atoms with Crippen molar-refractivity contribution in [2.75, 3.05) is 0 Å². The molecule has 13 atom stereocenters. The summed E-state index contributed by atoms with van der Waals surface area (Å²) < 4.78 is 50.0. The Bertz CT molecular complexity index is 1100. The summed E-state index contributed by atoms with van der Waals surface area (Å²) in [7, 11) is -4.81. The Kier molecular flexibility index (Phi) is 7.62. The zero-order valence-electron chi connectivity index (χ0n) is 24.5. The van der Waals surface area contributed by atoms with Crippen molar-refractivity contribution in [3.8, 4) is 0 Å². The Morgan fingerprint density at radius 2 is 1.74 bits per heavy atom. The topological polar surface area (TPSA) is 123 Å². The van der Waals surface area contributed by atoms with Crippen LogP contribution in [-0.4, -0.2) is 54.6 Å². The molecule has 3 unspecified atom stereocenters. The zero-order valence-corrected chi connectivity index (χ0v) is 25.3. The van der Waals surface area contributed by atoms with E-state index >= 15 is 0 Å². The third-order valence-electron chi connectivity index (χ3n) is 12.0. The molecule has 9 heteroatoms. The molecule has 1 aliphatic heterocycles. The predicted octanol–water partition coefficient (Wildman–Crippen LogP) is 4.96. The van der Waals surface area contributed by atoms with Crippen LogP contribution < -0.4 is 0 Å². The van der Waals surface area contributed by atoms with Crippen LogP contribution in [0.25, 0.3) is 0 Å². The Labute approximate surface area is 234 Å². The first kappa shape index (κ1) is 29.5. The zero-order chi connectivity index (χ0) is 28.7. The fourth-order valence-corrected chi connectivity index (χ4v) is 10.2. The fraction of sp³-hybridized carbons (Fsp3) is 0.900. The molecule has 8 nitrogen and oxygen atoms in total. The summed E-state index contributed by atoms with van der Waals surface area (Å²) in [5.74, 6) is 2.01. The van der Waals surface area contributed by atoms with Crippen molar-refractivity contribution in [1.82, 2.24) is 0 Å². The molecule has 1 saturated heterocycles. The summed E-state index contributed by atoms with van der Waals surface area (Å²) in [6.07, 6.45) is 4.88. The van der Waals surface area contributed by atoms with Gasteiger partial charge in [0.1, 0.15) is 18.3 Å². The highest BCUT2D eigenvalue weighted by molar-refractivity contribution is 7.80. The molecular weight excluding hydrogens is 520 g/mol. The standard InChI is InChI=1S/C30H48O8S/c1-15(2)16(3)26-27(37-26)17(4)20-10-11-21-19-8-9-23-28(38-39(33,34)35)25(32)24(36-18(5)31)14-30(23,7)22(19)12-13-29(20,21)6/h8,15-17,20-28,32H,9-14H2,1-7H3,(H,33,34,35)/t16-,17-,20+,21?,22?,23?,24+,25-,26-,27-,28-,29+,30+/m0/s1. The minimum absolute atomic E-state index is 0.173. The molecule has 39 heavy (non-hydrogen) atoms. The van der Waals surface area contributed by atoms with Crippen molar-refractivity contribution in [2.45, 2.75) is 118 Å². The number of hydrogen-bond acceptors (Lipinski definition) is 7. The molecule has 4 fully saturated rings. The van der Waals surface area contributed by atoms with Crippen molar-refractivity contribution in [3.63, 3.8) is 0 Å². The molecular formula is C30H48O8S. The summed E-state index contributed by atoms with van der Waals surface area (Å²) in [6, 6.07) is 0. The highest BCUT2D eigenvalue weighted by atomic mass is 32.3. The maximum atomic E-state index is 11.9. The normalized spacial score (nSPS) is 46.9. The van der Waals surface area contributed by atoms with E-state index in [0.29, 0.717) is 54.6 Å². The number of aliphatic hydroxyl groups is 1. The van der Waals surface area contributed by atoms with Crippen LogP contribution in [0.2, 0.25) is 0 Å². The molecule has 0 amide bonds. The molecule has 5 rings (SSSR count). The number of hydrogen-bond donors (Lipinski definition) is 2. The van der Waals surface area contributed by atoms with Crippen molar-refractivity contribution < 1.29 is 36.5 Å². The molecule has 0 aromatic rings. The van der Waals surface area contributed by atoms with Gasteiger partial charge in [0.15, 0.2) is 0 Å². The largest absolute Gasteiger partial charge is 0.460 e. The van der Waals surface area contributed by atoms with E-state index in [-0.39, 0.29) is 17.3 Å². The first-order valence-electron chi connectivity index (χ1n) is 14.9. The van der Waals surface area contributed by atoms with E-state index < -0.39 is 40.1 Å². The van der Waals surface area contributed by atoms with E-state index in [1.54, 1.807) is 0 Å². The highest BCUT2D eigenvalue weighted by Gasteiger charge is 2.63. The van der Waals surface area contributed by atoms with Crippen molar-refractivity contribution in [2.24, 2.45) is 52.3 Å². The predicted molar refractivity (Wildman–Crippen MR) is 146 cm³/mol. The molecule has 2 N–H and O–H groups in total. The van der Waals surface area contributed by atoms with Gasteiger partial charge >= 0.3 is 16.4 Å². The number of rotatable bonds is 7. The van der Waals surface area contributed by atoms with E-state index in [9.17, 15) is 22.9 Å². The van der Waals surface area contributed by atoms with Gasteiger partial charge in [-0.2, -0.15) is 8.42 Å². The van der Waals surface area contributed by atoms with Gasteiger partial charge in [0.05, 0.1) is 12.2 Å². The fourth-order valence-electron chi connectivity index (χ4n) is 9.67. The number of epoxide rings is 1. The van der Waals surface area contributed by atoms with Crippen molar-refractivity contribution >= 4 is 16.4 Å². The number of aliphatic hydroxyl groups excluding tert-OH is 1. The van der Waals surface area contributed by atoms with Crippen LogP contribution in [0.15, 0.2) is 11.6 Å². The lowest BCUT2D eigenvalue weighted by Gasteiger charge is -2.59. The molecule has 5 aliphatic rings. The van der Waals surface area contributed by atoms with Gasteiger partial charge in [0.25, 0.3) is 0 Å². The second kappa shape index (κ2) is 10.1. The molecule has 0 aromatic carbocycles. The Morgan fingerprint density at radius 1 is 1.08 bits per heavy atom. The van der Waals surface area contributed by atoms with E-state index in [4.69, 9.17) is 13.7 Å². The smallest absolute Gasteiger partial charge is 0.397 e. The summed E-state index contributed by atoms with van der Waals surface area (Å²) in [5, 5.41) is 11.0. The number of carbonyl (C=O) groups is 1. The average molecular weight is 569 g/mol. The maximum absolute atomic E-state index is 11.9. The summed E-state index contributed by atoms with van der Waals surface area (Å²) in [6.45, 7) is 15.1. The molecule has 222 valence electrons. The first-order valence-corrected chi connectivity index (χ1v) is 16.3. The van der Waals surface area contributed by atoms with Crippen LogP contribution in [0.5, 0.6) is 0 Å². The van der Waals surface area contributed by atoms with Gasteiger partial charge in [-0.25, -0.2) is 4.18 Å². The average Bonchev–Trinajstić information content (AvgIpc) is 3.54. The second-order valence-electron chi connectivity index (χ2n) is 14.2. The molecule has 0 bridgehead atoms. The van der Waals surface area contributed by atoms with Crippen LogP contribution in [0.3, 0.4) is 0 Å². The van der Waals surface area contributed by atoms with Gasteiger partial charge in [0, 0.05) is 6.92 Å². The van der Waals surface area contributed by atoms with Crippen molar-refractivity contribution in [3.05, 3.63) is 11.6 Å². The number of ether oxygens (including phenoxy) is 2. The number of allylic oxidation sites excluding steroid dienone is 2. The summed E-state index contributed by atoms with van der Waals surface area (Å²) in [5.41, 5.74) is 1.18.